The van der Waals surface area contributed by atoms with Crippen LogP contribution in [0.4, 0.5) is 0 Å². The standard InChI is InChI=1S/C15H15ClN4/c1-8-5-9(2)13(10(3)6-8)20-15-12(7-17-20)14(16)18-11(4)19-15/h5-7H,1-4H3. The van der Waals surface area contributed by atoms with Gasteiger partial charge in [-0.05, 0) is 38.8 Å². The summed E-state index contributed by atoms with van der Waals surface area (Å²) in [4.78, 5) is 8.65. The Morgan fingerprint density at radius 3 is 2.30 bits per heavy atom. The van der Waals surface area contributed by atoms with Crippen LogP contribution in [0.2, 0.25) is 5.15 Å². The molecule has 0 bridgehead atoms. The highest BCUT2D eigenvalue weighted by molar-refractivity contribution is 6.33. The van der Waals surface area contributed by atoms with Crippen molar-refractivity contribution >= 4 is 22.6 Å². The van der Waals surface area contributed by atoms with Gasteiger partial charge in [0.1, 0.15) is 11.0 Å². The highest BCUT2D eigenvalue weighted by Gasteiger charge is 2.14. The summed E-state index contributed by atoms with van der Waals surface area (Å²) in [5.41, 5.74) is 5.38. The summed E-state index contributed by atoms with van der Waals surface area (Å²) in [5, 5.41) is 5.67. The lowest BCUT2D eigenvalue weighted by molar-refractivity contribution is 0.873. The number of aromatic nitrogens is 4. The van der Waals surface area contributed by atoms with Crippen LogP contribution in [-0.4, -0.2) is 19.7 Å². The zero-order valence-corrected chi connectivity index (χ0v) is 12.7. The highest BCUT2D eigenvalue weighted by Crippen LogP contribution is 2.26. The predicted molar refractivity (Wildman–Crippen MR) is 80.6 cm³/mol. The SMILES string of the molecule is Cc1cc(C)c(-n2ncc3c(Cl)nc(C)nc32)c(C)c1. The lowest BCUT2D eigenvalue weighted by atomic mass is 10.1. The number of fused-ring (bicyclic) bond motifs is 1. The maximum atomic E-state index is 6.16. The van der Waals surface area contributed by atoms with Crippen LogP contribution in [0.1, 0.15) is 22.5 Å². The number of halogens is 1. The summed E-state index contributed by atoms with van der Waals surface area (Å²) in [5.74, 6) is 0.645. The van der Waals surface area contributed by atoms with E-state index >= 15 is 0 Å². The molecule has 102 valence electrons. The first-order valence-electron chi connectivity index (χ1n) is 6.43. The molecule has 0 N–H and O–H groups in total. The second kappa shape index (κ2) is 4.56. The lowest BCUT2D eigenvalue weighted by Gasteiger charge is -2.12. The Balaban J connectivity index is 2.36. The molecule has 0 radical (unpaired) electrons. The minimum absolute atomic E-state index is 0.446. The van der Waals surface area contributed by atoms with Gasteiger partial charge < -0.3 is 0 Å². The Morgan fingerprint density at radius 2 is 1.65 bits per heavy atom. The maximum Gasteiger partial charge on any atom is 0.168 e. The molecule has 0 unspecified atom stereocenters. The van der Waals surface area contributed by atoms with E-state index in [2.05, 4.69) is 48.0 Å². The van der Waals surface area contributed by atoms with E-state index in [1.165, 1.54) is 16.7 Å². The van der Waals surface area contributed by atoms with Gasteiger partial charge in [-0.1, -0.05) is 29.3 Å². The van der Waals surface area contributed by atoms with Gasteiger partial charge in [0.05, 0.1) is 17.3 Å². The summed E-state index contributed by atoms with van der Waals surface area (Å²) in [6.07, 6.45) is 1.72. The van der Waals surface area contributed by atoms with Crippen LogP contribution in [0.3, 0.4) is 0 Å². The summed E-state index contributed by atoms with van der Waals surface area (Å²) >= 11 is 6.16. The zero-order chi connectivity index (χ0) is 14.4. The number of aryl methyl sites for hydroxylation is 4. The third-order valence-electron chi connectivity index (χ3n) is 3.34. The molecule has 3 rings (SSSR count). The van der Waals surface area contributed by atoms with Gasteiger partial charge in [0.15, 0.2) is 5.65 Å². The zero-order valence-electron chi connectivity index (χ0n) is 11.9. The molecule has 5 heteroatoms. The average Bonchev–Trinajstić information content (AvgIpc) is 2.72. The molecule has 4 nitrogen and oxygen atoms in total. The predicted octanol–water partition coefficient (Wildman–Crippen LogP) is 3.70. The number of hydrogen-bond acceptors (Lipinski definition) is 3. The van der Waals surface area contributed by atoms with Gasteiger partial charge in [-0.3, -0.25) is 0 Å². The fraction of sp³-hybridized carbons (Fsp3) is 0.267. The summed E-state index contributed by atoms with van der Waals surface area (Å²) in [6, 6.07) is 4.29. The molecule has 0 aliphatic rings. The molecule has 0 saturated carbocycles. The van der Waals surface area contributed by atoms with Crippen molar-refractivity contribution in [1.82, 2.24) is 19.7 Å². The van der Waals surface area contributed by atoms with Gasteiger partial charge in [0.2, 0.25) is 0 Å². The van der Waals surface area contributed by atoms with E-state index < -0.39 is 0 Å². The van der Waals surface area contributed by atoms with E-state index in [0.29, 0.717) is 11.0 Å². The Morgan fingerprint density at radius 1 is 1.00 bits per heavy atom. The van der Waals surface area contributed by atoms with Crippen molar-refractivity contribution in [3.05, 3.63) is 46.0 Å². The Kier molecular flexibility index (Phi) is 2.98. The number of hydrogen-bond donors (Lipinski definition) is 0. The molecule has 0 amide bonds. The third kappa shape index (κ3) is 1.96. The largest absolute Gasteiger partial charge is 0.221 e. The Bertz CT molecular complexity index is 797. The van der Waals surface area contributed by atoms with Gasteiger partial charge in [-0.25, -0.2) is 14.6 Å². The highest BCUT2D eigenvalue weighted by atomic mass is 35.5. The smallest absolute Gasteiger partial charge is 0.168 e. The monoisotopic (exact) mass is 286 g/mol. The fourth-order valence-electron chi connectivity index (χ4n) is 2.65. The minimum atomic E-state index is 0.446. The van der Waals surface area contributed by atoms with Gasteiger partial charge in [-0.15, -0.1) is 0 Å². The molecule has 2 aromatic heterocycles. The Labute approximate surface area is 122 Å². The molecule has 0 atom stereocenters. The van der Waals surface area contributed by atoms with E-state index in [1.807, 2.05) is 11.6 Å². The number of rotatable bonds is 1. The van der Waals surface area contributed by atoms with Crippen molar-refractivity contribution in [3.8, 4) is 5.69 Å². The van der Waals surface area contributed by atoms with Crippen molar-refractivity contribution in [3.63, 3.8) is 0 Å². The van der Waals surface area contributed by atoms with Gasteiger partial charge in [0.25, 0.3) is 0 Å². The van der Waals surface area contributed by atoms with Crippen LogP contribution in [0.25, 0.3) is 16.7 Å². The second-order valence-electron chi connectivity index (χ2n) is 5.10. The summed E-state index contributed by atoms with van der Waals surface area (Å²) < 4.78 is 1.85. The van der Waals surface area contributed by atoms with Crippen LogP contribution < -0.4 is 0 Å². The molecule has 2 heterocycles. The van der Waals surface area contributed by atoms with Crippen molar-refractivity contribution < 1.29 is 0 Å². The lowest BCUT2D eigenvalue weighted by Crippen LogP contribution is -2.04. The topological polar surface area (TPSA) is 43.6 Å². The number of nitrogens with zero attached hydrogens (tertiary/aromatic N) is 4. The fourth-order valence-corrected chi connectivity index (χ4v) is 2.90. The maximum absolute atomic E-state index is 6.16. The molecule has 3 aromatic rings. The van der Waals surface area contributed by atoms with Crippen LogP contribution >= 0.6 is 11.6 Å². The minimum Gasteiger partial charge on any atom is -0.221 e. The van der Waals surface area contributed by atoms with E-state index in [0.717, 1.165) is 16.7 Å². The van der Waals surface area contributed by atoms with E-state index in [9.17, 15) is 0 Å². The van der Waals surface area contributed by atoms with Crippen molar-refractivity contribution in [2.75, 3.05) is 0 Å². The molecule has 0 aliphatic heterocycles. The first-order chi connectivity index (χ1) is 9.47. The van der Waals surface area contributed by atoms with Crippen molar-refractivity contribution in [2.45, 2.75) is 27.7 Å². The molecule has 0 spiro atoms. The van der Waals surface area contributed by atoms with Gasteiger partial charge in [0, 0.05) is 0 Å². The van der Waals surface area contributed by atoms with Crippen LogP contribution in [0.5, 0.6) is 0 Å². The van der Waals surface area contributed by atoms with E-state index in [-0.39, 0.29) is 0 Å². The molecule has 0 fully saturated rings. The second-order valence-corrected chi connectivity index (χ2v) is 5.46. The first-order valence-corrected chi connectivity index (χ1v) is 6.81. The summed E-state index contributed by atoms with van der Waals surface area (Å²) in [7, 11) is 0. The average molecular weight is 287 g/mol. The molecule has 20 heavy (non-hydrogen) atoms. The normalized spacial score (nSPS) is 11.2. The van der Waals surface area contributed by atoms with Gasteiger partial charge >= 0.3 is 0 Å². The molecular formula is C15H15ClN4. The van der Waals surface area contributed by atoms with Crippen LogP contribution in [0.15, 0.2) is 18.3 Å². The number of benzene rings is 1. The quantitative estimate of drug-likeness (QED) is 0.641. The van der Waals surface area contributed by atoms with E-state index in [4.69, 9.17) is 11.6 Å². The third-order valence-corrected chi connectivity index (χ3v) is 3.63. The van der Waals surface area contributed by atoms with Gasteiger partial charge in [-0.2, -0.15) is 5.10 Å². The van der Waals surface area contributed by atoms with Crippen LogP contribution in [0, 0.1) is 27.7 Å². The molecular weight excluding hydrogens is 272 g/mol. The van der Waals surface area contributed by atoms with Crippen molar-refractivity contribution in [2.24, 2.45) is 0 Å². The summed E-state index contributed by atoms with van der Waals surface area (Å²) in [6.45, 7) is 8.09. The molecule has 1 aromatic carbocycles. The van der Waals surface area contributed by atoms with Crippen LogP contribution in [-0.2, 0) is 0 Å². The van der Waals surface area contributed by atoms with E-state index in [1.54, 1.807) is 6.20 Å². The van der Waals surface area contributed by atoms with Crippen molar-refractivity contribution in [1.29, 1.82) is 0 Å². The molecule has 0 saturated heterocycles. The Hall–Kier alpha value is -1.94. The molecule has 0 aliphatic carbocycles. The first kappa shape index (κ1) is 13.1.